The van der Waals surface area contributed by atoms with Crippen molar-refractivity contribution in [2.24, 2.45) is 5.41 Å². The van der Waals surface area contributed by atoms with Crippen molar-refractivity contribution in [3.8, 4) is 0 Å². The van der Waals surface area contributed by atoms with E-state index in [4.69, 9.17) is 5.11 Å². The molecule has 0 saturated heterocycles. The number of aliphatic carboxylic acids is 1. The first kappa shape index (κ1) is 10.4. The third-order valence-electron chi connectivity index (χ3n) is 2.63. The molecule has 5 heteroatoms. The summed E-state index contributed by atoms with van der Waals surface area (Å²) in [5.41, 5.74) is -1.71. The van der Waals surface area contributed by atoms with Crippen LogP contribution < -0.4 is 0 Å². The van der Waals surface area contributed by atoms with Gasteiger partial charge in [-0.05, 0) is 13.3 Å². The first-order valence-corrected chi connectivity index (χ1v) is 4.07. The Kier molecular flexibility index (Phi) is 2.32. The van der Waals surface area contributed by atoms with Crippen LogP contribution in [-0.2, 0) is 4.79 Å². The van der Waals surface area contributed by atoms with E-state index in [1.165, 1.54) is 0 Å². The lowest BCUT2D eigenvalue weighted by Gasteiger charge is -2.38. The molecule has 2 N–H and O–H groups in total. The first-order chi connectivity index (χ1) is 5.78. The van der Waals surface area contributed by atoms with Crippen molar-refractivity contribution in [1.29, 1.82) is 0 Å². The van der Waals surface area contributed by atoms with Gasteiger partial charge in [0.2, 0.25) is 5.92 Å². The number of carbonyl (C=O) groups is 1. The average Bonchev–Trinajstić information content (AvgIpc) is 1.97. The first-order valence-electron chi connectivity index (χ1n) is 4.07. The van der Waals surface area contributed by atoms with E-state index in [-0.39, 0.29) is 6.42 Å². The second kappa shape index (κ2) is 2.90. The Morgan fingerprint density at radius 1 is 1.54 bits per heavy atom. The normalized spacial score (nSPS) is 38.6. The number of aliphatic hydroxyl groups is 1. The number of hydrogen-bond acceptors (Lipinski definition) is 2. The summed E-state index contributed by atoms with van der Waals surface area (Å²) >= 11 is 0. The van der Waals surface area contributed by atoms with Crippen LogP contribution in [0.3, 0.4) is 0 Å². The summed E-state index contributed by atoms with van der Waals surface area (Å²) in [6.07, 6.45) is -2.55. The Morgan fingerprint density at radius 3 is 2.46 bits per heavy atom. The molecule has 76 valence electrons. The molecule has 1 fully saturated rings. The lowest BCUT2D eigenvalue weighted by atomic mass is 9.72. The highest BCUT2D eigenvalue weighted by atomic mass is 19.3. The van der Waals surface area contributed by atoms with Gasteiger partial charge in [0.1, 0.15) is 0 Å². The van der Waals surface area contributed by atoms with Crippen LogP contribution in [0.5, 0.6) is 0 Å². The molecule has 0 aromatic carbocycles. The van der Waals surface area contributed by atoms with E-state index in [9.17, 15) is 18.7 Å². The van der Waals surface area contributed by atoms with Crippen molar-refractivity contribution in [2.75, 3.05) is 0 Å². The standard InChI is InChI=1S/C8H12F2O3/c1-7(6(12)13)4-8(9,10)3-2-5(7)11/h5,11H,2-4H2,1H3,(H,12,13)/t5-,7?/m1/s1. The Labute approximate surface area is 74.4 Å². The fraction of sp³-hybridized carbons (Fsp3) is 0.875. The van der Waals surface area contributed by atoms with Gasteiger partial charge in [0, 0.05) is 12.8 Å². The molecule has 1 saturated carbocycles. The second-order valence-corrected chi connectivity index (χ2v) is 3.81. The molecule has 0 aromatic heterocycles. The summed E-state index contributed by atoms with van der Waals surface area (Å²) in [7, 11) is 0. The van der Waals surface area contributed by atoms with Gasteiger partial charge in [-0.25, -0.2) is 8.78 Å². The summed E-state index contributed by atoms with van der Waals surface area (Å²) in [4.78, 5) is 10.7. The number of carboxylic acid groups (broad SMARTS) is 1. The molecular weight excluding hydrogens is 182 g/mol. The van der Waals surface area contributed by atoms with Gasteiger partial charge in [-0.1, -0.05) is 0 Å². The molecule has 0 amide bonds. The second-order valence-electron chi connectivity index (χ2n) is 3.81. The number of aliphatic hydroxyl groups excluding tert-OH is 1. The highest BCUT2D eigenvalue weighted by Crippen LogP contribution is 2.44. The fourth-order valence-corrected chi connectivity index (χ4v) is 1.63. The highest BCUT2D eigenvalue weighted by molar-refractivity contribution is 5.75. The van der Waals surface area contributed by atoms with Crippen LogP contribution in [-0.4, -0.2) is 28.2 Å². The zero-order valence-corrected chi connectivity index (χ0v) is 7.26. The van der Waals surface area contributed by atoms with E-state index < -0.39 is 36.3 Å². The monoisotopic (exact) mass is 194 g/mol. The maximum absolute atomic E-state index is 12.9. The summed E-state index contributed by atoms with van der Waals surface area (Å²) in [6.45, 7) is 1.16. The van der Waals surface area contributed by atoms with E-state index in [0.717, 1.165) is 6.92 Å². The third-order valence-corrected chi connectivity index (χ3v) is 2.63. The van der Waals surface area contributed by atoms with Crippen molar-refractivity contribution in [2.45, 2.75) is 38.2 Å². The SMILES string of the molecule is CC1(C(=O)O)CC(F)(F)CC[C@H]1O. The highest BCUT2D eigenvalue weighted by Gasteiger charge is 2.52. The van der Waals surface area contributed by atoms with Gasteiger partial charge in [0.15, 0.2) is 0 Å². The maximum Gasteiger partial charge on any atom is 0.312 e. The molecule has 1 unspecified atom stereocenters. The molecule has 0 spiro atoms. The smallest absolute Gasteiger partial charge is 0.312 e. The third kappa shape index (κ3) is 1.80. The van der Waals surface area contributed by atoms with Gasteiger partial charge in [0.05, 0.1) is 11.5 Å². The van der Waals surface area contributed by atoms with Crippen molar-refractivity contribution < 1.29 is 23.8 Å². The predicted octanol–water partition coefficient (Wildman–Crippen LogP) is 1.26. The molecular formula is C8H12F2O3. The Hall–Kier alpha value is -0.710. The molecule has 1 aliphatic rings. The Morgan fingerprint density at radius 2 is 2.08 bits per heavy atom. The molecule has 3 nitrogen and oxygen atoms in total. The van der Waals surface area contributed by atoms with Crippen LogP contribution in [0.2, 0.25) is 0 Å². The largest absolute Gasteiger partial charge is 0.481 e. The van der Waals surface area contributed by atoms with Gasteiger partial charge < -0.3 is 10.2 Å². The lowest BCUT2D eigenvalue weighted by molar-refractivity contribution is -0.176. The minimum atomic E-state index is -2.97. The summed E-state index contributed by atoms with van der Waals surface area (Å²) < 4.78 is 25.7. The molecule has 2 atom stereocenters. The van der Waals surface area contributed by atoms with Crippen LogP contribution in [0, 0.1) is 5.41 Å². The number of halogens is 2. The number of alkyl halides is 2. The van der Waals surface area contributed by atoms with E-state index in [0.29, 0.717) is 0 Å². The molecule has 13 heavy (non-hydrogen) atoms. The maximum atomic E-state index is 12.9. The van der Waals surface area contributed by atoms with Crippen LogP contribution in [0.15, 0.2) is 0 Å². The molecule has 1 aliphatic carbocycles. The number of rotatable bonds is 1. The Balaban J connectivity index is 2.88. The quantitative estimate of drug-likeness (QED) is 0.660. The molecule has 0 aliphatic heterocycles. The summed E-state index contributed by atoms with van der Waals surface area (Å²) in [6, 6.07) is 0. The minimum Gasteiger partial charge on any atom is -0.481 e. The molecule has 0 heterocycles. The van der Waals surface area contributed by atoms with Crippen molar-refractivity contribution in [1.82, 2.24) is 0 Å². The van der Waals surface area contributed by atoms with E-state index in [1.54, 1.807) is 0 Å². The van der Waals surface area contributed by atoms with Crippen LogP contribution >= 0.6 is 0 Å². The van der Waals surface area contributed by atoms with Crippen LogP contribution in [0.25, 0.3) is 0 Å². The van der Waals surface area contributed by atoms with Gasteiger partial charge in [-0.15, -0.1) is 0 Å². The molecule has 0 bridgehead atoms. The van der Waals surface area contributed by atoms with Crippen molar-refractivity contribution in [3.63, 3.8) is 0 Å². The molecule has 0 aromatic rings. The van der Waals surface area contributed by atoms with Crippen molar-refractivity contribution >= 4 is 5.97 Å². The Bertz CT molecular complexity index is 229. The van der Waals surface area contributed by atoms with Gasteiger partial charge in [0.25, 0.3) is 0 Å². The number of hydrogen-bond donors (Lipinski definition) is 2. The molecule has 0 radical (unpaired) electrons. The van der Waals surface area contributed by atoms with Gasteiger partial charge in [-0.3, -0.25) is 4.79 Å². The van der Waals surface area contributed by atoms with E-state index in [1.807, 2.05) is 0 Å². The minimum absolute atomic E-state index is 0.157. The predicted molar refractivity (Wildman–Crippen MR) is 40.5 cm³/mol. The lowest BCUT2D eigenvalue weighted by Crippen LogP contribution is -2.48. The van der Waals surface area contributed by atoms with E-state index >= 15 is 0 Å². The zero-order valence-electron chi connectivity index (χ0n) is 7.26. The van der Waals surface area contributed by atoms with E-state index in [2.05, 4.69) is 0 Å². The van der Waals surface area contributed by atoms with Crippen LogP contribution in [0.1, 0.15) is 26.2 Å². The van der Waals surface area contributed by atoms with Gasteiger partial charge >= 0.3 is 5.97 Å². The summed E-state index contributed by atoms with van der Waals surface area (Å²) in [5.74, 6) is -4.33. The van der Waals surface area contributed by atoms with Crippen molar-refractivity contribution in [3.05, 3.63) is 0 Å². The average molecular weight is 194 g/mol. The number of carboxylic acids is 1. The van der Waals surface area contributed by atoms with Gasteiger partial charge in [-0.2, -0.15) is 0 Å². The fourth-order valence-electron chi connectivity index (χ4n) is 1.63. The zero-order chi connectivity index (χ0) is 10.3. The van der Waals surface area contributed by atoms with Crippen LogP contribution in [0.4, 0.5) is 8.78 Å². The topological polar surface area (TPSA) is 57.5 Å². The molecule has 1 rings (SSSR count). The summed E-state index contributed by atoms with van der Waals surface area (Å²) in [5, 5.41) is 18.0.